The van der Waals surface area contributed by atoms with Gasteiger partial charge in [0, 0.05) is 5.56 Å². The van der Waals surface area contributed by atoms with E-state index in [4.69, 9.17) is 21.7 Å². The number of carbonyl (C=O) groups excluding carboxylic acids is 1. The maximum absolute atomic E-state index is 12.4. The first-order valence-electron chi connectivity index (χ1n) is 7.39. The SMILES string of the molecule is CCSc1nnc(C)n1NC(=S)NC(=O)c1ccc(OC)c(OC)c1. The molecule has 1 heterocycles. The lowest BCUT2D eigenvalue weighted by molar-refractivity contribution is 0.0977. The summed E-state index contributed by atoms with van der Waals surface area (Å²) in [7, 11) is 3.04. The average molecular weight is 381 g/mol. The minimum atomic E-state index is -0.367. The van der Waals surface area contributed by atoms with Crippen molar-refractivity contribution in [2.45, 2.75) is 19.0 Å². The Labute approximate surface area is 155 Å². The Morgan fingerprint density at radius 1 is 1.28 bits per heavy atom. The van der Waals surface area contributed by atoms with Crippen molar-refractivity contribution in [1.29, 1.82) is 0 Å². The third-order valence-electron chi connectivity index (χ3n) is 3.15. The molecule has 134 valence electrons. The summed E-state index contributed by atoms with van der Waals surface area (Å²) in [5.41, 5.74) is 3.30. The minimum absolute atomic E-state index is 0.139. The van der Waals surface area contributed by atoms with Gasteiger partial charge in [-0.25, -0.2) is 4.68 Å². The van der Waals surface area contributed by atoms with Gasteiger partial charge in [-0.15, -0.1) is 10.2 Å². The van der Waals surface area contributed by atoms with Crippen LogP contribution in [0, 0.1) is 6.92 Å². The number of aryl methyl sites for hydroxylation is 1. The highest BCUT2D eigenvalue weighted by Crippen LogP contribution is 2.27. The van der Waals surface area contributed by atoms with E-state index in [-0.39, 0.29) is 11.0 Å². The number of amides is 1. The standard InChI is InChI=1S/C15H19N5O3S2/c1-5-25-15-18-17-9(2)20(15)19-14(24)16-13(21)10-6-7-11(22-3)12(8-10)23-4/h6-8H,5H2,1-4H3,(H2,16,19,21,24). The number of hydrogen-bond donors (Lipinski definition) is 2. The Morgan fingerprint density at radius 3 is 2.64 bits per heavy atom. The van der Waals surface area contributed by atoms with E-state index in [1.165, 1.54) is 26.0 Å². The Morgan fingerprint density at radius 2 is 2.00 bits per heavy atom. The van der Waals surface area contributed by atoms with Gasteiger partial charge in [0.25, 0.3) is 5.91 Å². The van der Waals surface area contributed by atoms with E-state index in [1.54, 1.807) is 29.8 Å². The van der Waals surface area contributed by atoms with E-state index in [2.05, 4.69) is 20.9 Å². The van der Waals surface area contributed by atoms with Crippen molar-refractivity contribution in [2.75, 3.05) is 25.4 Å². The highest BCUT2D eigenvalue weighted by atomic mass is 32.2. The van der Waals surface area contributed by atoms with Crippen molar-refractivity contribution in [1.82, 2.24) is 20.2 Å². The monoisotopic (exact) mass is 381 g/mol. The lowest BCUT2D eigenvalue weighted by atomic mass is 10.2. The number of ether oxygens (including phenoxy) is 2. The molecule has 2 aromatic rings. The van der Waals surface area contributed by atoms with Crippen LogP contribution >= 0.6 is 24.0 Å². The van der Waals surface area contributed by atoms with Crippen LogP contribution in [0.15, 0.2) is 23.4 Å². The summed E-state index contributed by atoms with van der Waals surface area (Å²) in [5, 5.41) is 11.5. The number of carbonyl (C=O) groups is 1. The topological polar surface area (TPSA) is 90.3 Å². The fourth-order valence-electron chi connectivity index (χ4n) is 1.98. The third-order valence-corrected chi connectivity index (χ3v) is 4.16. The summed E-state index contributed by atoms with van der Waals surface area (Å²) in [4.78, 5) is 12.4. The molecule has 0 saturated carbocycles. The predicted molar refractivity (Wildman–Crippen MR) is 100 cm³/mol. The van der Waals surface area contributed by atoms with Gasteiger partial charge in [0.15, 0.2) is 16.6 Å². The maximum Gasteiger partial charge on any atom is 0.257 e. The molecule has 0 aliphatic carbocycles. The van der Waals surface area contributed by atoms with Crippen LogP contribution in [-0.2, 0) is 0 Å². The van der Waals surface area contributed by atoms with Crippen LogP contribution in [0.1, 0.15) is 23.1 Å². The second-order valence-corrected chi connectivity index (χ2v) is 6.40. The number of nitrogens with zero attached hydrogens (tertiary/aromatic N) is 3. The minimum Gasteiger partial charge on any atom is -0.493 e. The van der Waals surface area contributed by atoms with Crippen LogP contribution < -0.4 is 20.2 Å². The number of rotatable bonds is 6. The summed E-state index contributed by atoms with van der Waals surface area (Å²) in [6, 6.07) is 4.87. The molecule has 10 heteroatoms. The van der Waals surface area contributed by atoms with E-state index in [0.717, 1.165) is 5.75 Å². The van der Waals surface area contributed by atoms with Crippen molar-refractivity contribution < 1.29 is 14.3 Å². The zero-order chi connectivity index (χ0) is 18.4. The zero-order valence-electron chi connectivity index (χ0n) is 14.3. The molecule has 0 aliphatic rings. The molecule has 0 aliphatic heterocycles. The zero-order valence-corrected chi connectivity index (χ0v) is 16.0. The normalized spacial score (nSPS) is 10.2. The van der Waals surface area contributed by atoms with Crippen LogP contribution in [-0.4, -0.2) is 45.9 Å². The predicted octanol–water partition coefficient (Wildman–Crippen LogP) is 1.97. The molecule has 2 N–H and O–H groups in total. The average Bonchev–Trinajstić information content (AvgIpc) is 2.94. The quantitative estimate of drug-likeness (QED) is 0.580. The summed E-state index contributed by atoms with van der Waals surface area (Å²) in [6.07, 6.45) is 0. The Balaban J connectivity index is 2.08. The van der Waals surface area contributed by atoms with Crippen molar-refractivity contribution in [3.05, 3.63) is 29.6 Å². The van der Waals surface area contributed by atoms with Crippen LogP contribution in [0.3, 0.4) is 0 Å². The smallest absolute Gasteiger partial charge is 0.257 e. The molecule has 2 rings (SSSR count). The van der Waals surface area contributed by atoms with Crippen LogP contribution in [0.25, 0.3) is 0 Å². The van der Waals surface area contributed by atoms with Crippen LogP contribution in [0.5, 0.6) is 11.5 Å². The van der Waals surface area contributed by atoms with Crippen molar-refractivity contribution in [3.63, 3.8) is 0 Å². The molecule has 8 nitrogen and oxygen atoms in total. The van der Waals surface area contributed by atoms with Gasteiger partial charge in [-0.05, 0) is 43.1 Å². The summed E-state index contributed by atoms with van der Waals surface area (Å²) in [6.45, 7) is 3.80. The Bertz CT molecular complexity index is 779. The van der Waals surface area contributed by atoms with Gasteiger partial charge < -0.3 is 9.47 Å². The maximum atomic E-state index is 12.4. The fraction of sp³-hybridized carbons (Fsp3) is 0.333. The fourth-order valence-corrected chi connectivity index (χ4v) is 2.82. The molecule has 0 spiro atoms. The molecule has 0 saturated heterocycles. The molecule has 0 atom stereocenters. The van der Waals surface area contributed by atoms with Gasteiger partial charge in [0.1, 0.15) is 5.82 Å². The van der Waals surface area contributed by atoms with E-state index in [0.29, 0.717) is 28.0 Å². The van der Waals surface area contributed by atoms with E-state index in [9.17, 15) is 4.79 Å². The summed E-state index contributed by atoms with van der Waals surface area (Å²) >= 11 is 6.72. The molecular weight excluding hydrogens is 362 g/mol. The molecule has 1 aromatic heterocycles. The molecule has 1 aromatic carbocycles. The molecule has 0 radical (unpaired) electrons. The van der Waals surface area contributed by atoms with Gasteiger partial charge in [-0.3, -0.25) is 15.5 Å². The first-order valence-corrected chi connectivity index (χ1v) is 8.78. The van der Waals surface area contributed by atoms with Crippen molar-refractivity contribution in [3.8, 4) is 11.5 Å². The van der Waals surface area contributed by atoms with Crippen LogP contribution in [0.2, 0.25) is 0 Å². The van der Waals surface area contributed by atoms with Gasteiger partial charge in [-0.1, -0.05) is 18.7 Å². The lowest BCUT2D eigenvalue weighted by Crippen LogP contribution is -2.38. The number of benzene rings is 1. The van der Waals surface area contributed by atoms with Crippen molar-refractivity contribution >= 4 is 35.0 Å². The number of hydrogen-bond acceptors (Lipinski definition) is 7. The van der Waals surface area contributed by atoms with E-state index >= 15 is 0 Å². The van der Waals surface area contributed by atoms with Gasteiger partial charge in [-0.2, -0.15) is 0 Å². The second-order valence-electron chi connectivity index (χ2n) is 4.76. The highest BCUT2D eigenvalue weighted by molar-refractivity contribution is 7.99. The third kappa shape index (κ3) is 4.60. The molecular formula is C15H19N5O3S2. The molecule has 25 heavy (non-hydrogen) atoms. The van der Waals surface area contributed by atoms with Gasteiger partial charge >= 0.3 is 0 Å². The van der Waals surface area contributed by atoms with E-state index < -0.39 is 0 Å². The second kappa shape index (κ2) is 8.67. The van der Waals surface area contributed by atoms with Gasteiger partial charge in [0.05, 0.1) is 14.2 Å². The number of thioether (sulfide) groups is 1. The van der Waals surface area contributed by atoms with Crippen LogP contribution in [0.4, 0.5) is 0 Å². The van der Waals surface area contributed by atoms with Gasteiger partial charge in [0.2, 0.25) is 5.16 Å². The van der Waals surface area contributed by atoms with Crippen molar-refractivity contribution in [2.24, 2.45) is 0 Å². The largest absolute Gasteiger partial charge is 0.493 e. The molecule has 0 unspecified atom stereocenters. The summed E-state index contributed by atoms with van der Waals surface area (Å²) < 4.78 is 12.0. The number of aromatic nitrogens is 3. The molecule has 0 bridgehead atoms. The number of nitrogens with one attached hydrogen (secondary N) is 2. The lowest BCUT2D eigenvalue weighted by Gasteiger charge is -2.13. The highest BCUT2D eigenvalue weighted by Gasteiger charge is 2.14. The van der Waals surface area contributed by atoms with E-state index in [1.807, 2.05) is 6.92 Å². The Hall–Kier alpha value is -2.33. The number of thiocarbonyl (C=S) groups is 1. The Kier molecular flexibility index (Phi) is 6.59. The summed E-state index contributed by atoms with van der Waals surface area (Å²) in [5.74, 6) is 2.11. The first-order chi connectivity index (χ1) is 12.0. The molecule has 0 fully saturated rings. The first kappa shape index (κ1) is 19.0. The number of methoxy groups -OCH3 is 2. The molecule has 1 amide bonds.